The van der Waals surface area contributed by atoms with Crippen LogP contribution in [0.2, 0.25) is 0 Å². The van der Waals surface area contributed by atoms with E-state index in [1.807, 2.05) is 12.5 Å². The Morgan fingerprint density at radius 3 is 2.50 bits per heavy atom. The number of unbranched alkanes of at least 4 members (excludes halogenated alkanes) is 1. The second kappa shape index (κ2) is 8.29. The van der Waals surface area contributed by atoms with E-state index in [0.717, 1.165) is 6.54 Å². The molecule has 0 atom stereocenters. The fourth-order valence-corrected chi connectivity index (χ4v) is 0.800. The van der Waals surface area contributed by atoms with E-state index in [1.165, 1.54) is 19.8 Å². The van der Waals surface area contributed by atoms with Crippen LogP contribution in [0.5, 0.6) is 0 Å². The Morgan fingerprint density at radius 2 is 2.14 bits per heavy atom. The zero-order valence-electron chi connectivity index (χ0n) is 8.82. The number of aromatic amines is 1. The smallest absolute Gasteiger partial charge is 0.241 e. The van der Waals surface area contributed by atoms with Gasteiger partial charge in [0.15, 0.2) is 0 Å². The van der Waals surface area contributed by atoms with Crippen LogP contribution in [0.25, 0.3) is 0 Å². The molecule has 0 aromatic carbocycles. The Kier molecular flexibility index (Phi) is 7.50. The Balaban J connectivity index is 0.000000292. The van der Waals surface area contributed by atoms with E-state index < -0.39 is 5.97 Å². The van der Waals surface area contributed by atoms with Gasteiger partial charge in [0.1, 0.15) is 12.4 Å². The van der Waals surface area contributed by atoms with Crippen LogP contribution in [0.4, 0.5) is 0 Å². The Labute approximate surface area is 84.6 Å². The largest absolute Gasteiger partial charge is 0.550 e. The van der Waals surface area contributed by atoms with Crippen molar-refractivity contribution >= 4 is 5.97 Å². The molecule has 1 N–H and O–H groups in total. The maximum Gasteiger partial charge on any atom is 0.241 e. The Hall–Kier alpha value is -1.32. The van der Waals surface area contributed by atoms with Crippen molar-refractivity contribution in [3.63, 3.8) is 0 Å². The predicted octanol–water partition coefficient (Wildman–Crippen LogP) is 0.249. The zero-order chi connectivity index (χ0) is 10.8. The number of aliphatic carboxylic acids is 1. The number of nitrogens with one attached hydrogen (secondary N) is 1. The number of aryl methyl sites for hydroxylation is 1. The summed E-state index contributed by atoms with van der Waals surface area (Å²) < 4.78 is 2.16. The second-order valence-corrected chi connectivity index (χ2v) is 2.93. The molecule has 0 bridgehead atoms. The first kappa shape index (κ1) is 12.7. The van der Waals surface area contributed by atoms with E-state index in [2.05, 4.69) is 22.7 Å². The summed E-state index contributed by atoms with van der Waals surface area (Å²) in [5, 5.41) is 9.26. The highest BCUT2D eigenvalue weighted by Gasteiger charge is 1.92. The van der Waals surface area contributed by atoms with Gasteiger partial charge in [0, 0.05) is 5.97 Å². The van der Waals surface area contributed by atoms with E-state index in [4.69, 9.17) is 0 Å². The molecule has 1 heterocycles. The fourth-order valence-electron chi connectivity index (χ4n) is 0.800. The predicted molar refractivity (Wildman–Crippen MR) is 51.2 cm³/mol. The number of hydrogen-bond acceptors (Lipinski definition) is 2. The van der Waals surface area contributed by atoms with E-state index in [0.29, 0.717) is 0 Å². The first-order valence-electron chi connectivity index (χ1n) is 4.92. The van der Waals surface area contributed by atoms with E-state index in [1.54, 1.807) is 0 Å². The lowest BCUT2D eigenvalue weighted by Crippen LogP contribution is -2.29. The van der Waals surface area contributed by atoms with Crippen LogP contribution in [0, 0.1) is 0 Å². The lowest BCUT2D eigenvalue weighted by Gasteiger charge is -1.89. The summed E-state index contributed by atoms with van der Waals surface area (Å²) in [6, 6.07) is 0. The van der Waals surface area contributed by atoms with Gasteiger partial charge in [-0.15, -0.1) is 0 Å². The zero-order valence-corrected chi connectivity index (χ0v) is 8.82. The molecule has 0 spiro atoms. The summed E-state index contributed by atoms with van der Waals surface area (Å²) in [5.41, 5.74) is 0. The molecular formula is C10H18N2O2. The molecule has 0 unspecified atom stereocenters. The maximum atomic E-state index is 9.26. The van der Waals surface area contributed by atoms with Gasteiger partial charge in [-0.25, -0.2) is 4.57 Å². The third-order valence-corrected chi connectivity index (χ3v) is 1.66. The average Bonchev–Trinajstić information content (AvgIpc) is 2.68. The Bertz CT molecular complexity index is 232. The van der Waals surface area contributed by atoms with E-state index >= 15 is 0 Å². The van der Waals surface area contributed by atoms with Crippen LogP contribution in [0.15, 0.2) is 18.7 Å². The van der Waals surface area contributed by atoms with Crippen LogP contribution < -0.4 is 9.67 Å². The maximum absolute atomic E-state index is 9.26. The summed E-state index contributed by atoms with van der Waals surface area (Å²) >= 11 is 0. The number of carboxylic acid groups (broad SMARTS) is 1. The van der Waals surface area contributed by atoms with Crippen molar-refractivity contribution in [2.75, 3.05) is 0 Å². The van der Waals surface area contributed by atoms with Crippen molar-refractivity contribution in [1.29, 1.82) is 0 Å². The first-order chi connectivity index (χ1) is 6.70. The molecule has 1 aromatic rings. The molecule has 0 radical (unpaired) electrons. The molecule has 4 nitrogen and oxygen atoms in total. The lowest BCUT2D eigenvalue weighted by molar-refractivity contribution is -0.696. The molecule has 1 aromatic heterocycles. The molecular weight excluding hydrogens is 180 g/mol. The molecule has 0 aliphatic rings. The number of rotatable bonds is 4. The molecule has 80 valence electrons. The van der Waals surface area contributed by atoms with Gasteiger partial charge >= 0.3 is 0 Å². The fraction of sp³-hybridized carbons (Fsp3) is 0.600. The summed E-state index contributed by atoms with van der Waals surface area (Å²) in [6.07, 6.45) is 8.61. The Morgan fingerprint density at radius 1 is 1.50 bits per heavy atom. The van der Waals surface area contributed by atoms with Gasteiger partial charge in [-0.2, -0.15) is 0 Å². The SMILES string of the molecule is CCC(=O)[O-].CCCC[n+]1cc[nH]c1. The van der Waals surface area contributed by atoms with Gasteiger partial charge in [0.25, 0.3) is 0 Å². The van der Waals surface area contributed by atoms with Gasteiger partial charge in [-0.05, 0) is 12.8 Å². The lowest BCUT2D eigenvalue weighted by atomic mass is 10.3. The molecule has 0 aliphatic heterocycles. The van der Waals surface area contributed by atoms with Gasteiger partial charge in [-0.1, -0.05) is 20.3 Å². The quantitative estimate of drug-likeness (QED) is 0.705. The highest BCUT2D eigenvalue weighted by molar-refractivity contribution is 5.63. The molecule has 0 amide bonds. The highest BCUT2D eigenvalue weighted by Crippen LogP contribution is 1.84. The van der Waals surface area contributed by atoms with Gasteiger partial charge in [0.2, 0.25) is 6.33 Å². The number of imidazole rings is 1. The molecule has 0 saturated heterocycles. The molecule has 14 heavy (non-hydrogen) atoms. The van der Waals surface area contributed by atoms with Crippen molar-refractivity contribution < 1.29 is 14.5 Å². The minimum Gasteiger partial charge on any atom is -0.550 e. The van der Waals surface area contributed by atoms with Crippen molar-refractivity contribution in [1.82, 2.24) is 4.98 Å². The highest BCUT2D eigenvalue weighted by atomic mass is 16.4. The normalized spacial score (nSPS) is 9.00. The van der Waals surface area contributed by atoms with Crippen LogP contribution >= 0.6 is 0 Å². The van der Waals surface area contributed by atoms with E-state index in [-0.39, 0.29) is 6.42 Å². The first-order valence-corrected chi connectivity index (χ1v) is 4.92. The monoisotopic (exact) mass is 198 g/mol. The molecule has 0 fully saturated rings. The van der Waals surface area contributed by atoms with Gasteiger partial charge in [0.05, 0.1) is 6.54 Å². The van der Waals surface area contributed by atoms with Crippen molar-refractivity contribution in [2.45, 2.75) is 39.7 Å². The van der Waals surface area contributed by atoms with Crippen LogP contribution in [0.1, 0.15) is 33.1 Å². The molecule has 0 aliphatic carbocycles. The number of carbonyl (C=O) groups is 1. The molecule has 1 rings (SSSR count). The van der Waals surface area contributed by atoms with Crippen LogP contribution in [-0.4, -0.2) is 11.0 Å². The third-order valence-electron chi connectivity index (χ3n) is 1.66. The minimum atomic E-state index is -0.995. The number of carbonyl (C=O) groups excluding carboxylic acids is 1. The third kappa shape index (κ3) is 7.34. The standard InChI is InChI=1S/C7H12N2.C3H6O2/c1-2-3-5-9-6-4-8-7-9;1-2-3(4)5/h4,6-7H,2-3,5H2,1H3;2H2,1H3,(H,4,5). The molecule has 4 heteroatoms. The summed E-state index contributed by atoms with van der Waals surface area (Å²) in [4.78, 5) is 12.3. The number of H-pyrrole nitrogens is 1. The van der Waals surface area contributed by atoms with E-state index in [9.17, 15) is 9.90 Å². The number of aromatic nitrogens is 2. The number of hydrogen-bond donors (Lipinski definition) is 1. The second-order valence-electron chi connectivity index (χ2n) is 2.93. The minimum absolute atomic E-state index is 0.111. The average molecular weight is 198 g/mol. The summed E-state index contributed by atoms with van der Waals surface area (Å²) in [7, 11) is 0. The van der Waals surface area contributed by atoms with Gasteiger partial charge < -0.3 is 9.90 Å². The van der Waals surface area contributed by atoms with Crippen molar-refractivity contribution in [3.05, 3.63) is 18.7 Å². The van der Waals surface area contributed by atoms with Crippen LogP contribution in [-0.2, 0) is 11.3 Å². The van der Waals surface area contributed by atoms with Crippen molar-refractivity contribution in [2.24, 2.45) is 0 Å². The van der Waals surface area contributed by atoms with Crippen molar-refractivity contribution in [3.8, 4) is 0 Å². The topological polar surface area (TPSA) is 59.8 Å². The van der Waals surface area contributed by atoms with Crippen LogP contribution in [0.3, 0.4) is 0 Å². The number of nitrogens with zero attached hydrogens (tertiary/aromatic N) is 1. The number of carboxylic acids is 1. The summed E-state index contributed by atoms with van der Waals surface area (Å²) in [5.74, 6) is -0.995. The summed E-state index contributed by atoms with van der Waals surface area (Å²) in [6.45, 7) is 4.88. The molecule has 0 saturated carbocycles. The van der Waals surface area contributed by atoms with Gasteiger partial charge in [-0.3, -0.25) is 4.98 Å².